The van der Waals surface area contributed by atoms with Crippen LogP contribution in [0.3, 0.4) is 0 Å². The Balaban J connectivity index is 3.56. The minimum absolute atomic E-state index is 0.0844. The molecule has 0 amide bonds. The molecule has 5 nitrogen and oxygen atoms in total. The largest absolute Gasteiger partial charge is 0.477 e. The first-order valence-corrected chi connectivity index (χ1v) is 3.43. The number of rotatable bonds is 1. The van der Waals surface area contributed by atoms with Crippen molar-refractivity contribution in [3.8, 4) is 6.07 Å². The molecule has 0 unspecified atom stereocenters. The van der Waals surface area contributed by atoms with Gasteiger partial charge in [-0.15, -0.1) is 0 Å². The van der Waals surface area contributed by atoms with E-state index >= 15 is 0 Å². The van der Waals surface area contributed by atoms with Crippen molar-refractivity contribution in [3.63, 3.8) is 0 Å². The molecule has 0 saturated heterocycles. The molecule has 0 spiro atoms. The van der Waals surface area contributed by atoms with Gasteiger partial charge in [-0.2, -0.15) is 5.26 Å². The van der Waals surface area contributed by atoms with Crippen LogP contribution in [0, 0.1) is 18.3 Å². The van der Waals surface area contributed by atoms with Crippen LogP contribution in [-0.4, -0.2) is 16.1 Å². The van der Waals surface area contributed by atoms with E-state index in [0.29, 0.717) is 0 Å². The minimum atomic E-state index is -1.24. The molecule has 1 aromatic rings. The maximum absolute atomic E-state index is 10.9. The van der Waals surface area contributed by atoms with Gasteiger partial charge < -0.3 is 10.1 Å². The van der Waals surface area contributed by atoms with E-state index in [1.54, 1.807) is 6.07 Å². The molecule has 0 fully saturated rings. The summed E-state index contributed by atoms with van der Waals surface area (Å²) in [5.74, 6) is -1.24. The van der Waals surface area contributed by atoms with Crippen molar-refractivity contribution < 1.29 is 9.90 Å². The van der Waals surface area contributed by atoms with Crippen molar-refractivity contribution in [1.82, 2.24) is 4.98 Å². The Morgan fingerprint density at radius 3 is 2.77 bits per heavy atom. The van der Waals surface area contributed by atoms with E-state index in [-0.39, 0.29) is 16.8 Å². The Hall–Kier alpha value is -2.09. The first-order valence-electron chi connectivity index (χ1n) is 3.43. The number of nitrogens with one attached hydrogen (secondary N) is 1. The molecular weight excluding hydrogens is 172 g/mol. The van der Waals surface area contributed by atoms with Crippen LogP contribution in [-0.2, 0) is 0 Å². The van der Waals surface area contributed by atoms with Crippen LogP contribution in [0.5, 0.6) is 0 Å². The van der Waals surface area contributed by atoms with Crippen LogP contribution in [0.15, 0.2) is 10.9 Å². The molecule has 1 rings (SSSR count). The molecule has 2 N–H and O–H groups in total. The van der Waals surface area contributed by atoms with Gasteiger partial charge in [0.15, 0.2) is 0 Å². The molecule has 0 aliphatic heterocycles. The van der Waals surface area contributed by atoms with Crippen molar-refractivity contribution in [2.24, 2.45) is 0 Å². The molecule has 0 aliphatic carbocycles. The monoisotopic (exact) mass is 178 g/mol. The van der Waals surface area contributed by atoms with Gasteiger partial charge in [-0.25, -0.2) is 4.79 Å². The van der Waals surface area contributed by atoms with Crippen molar-refractivity contribution in [1.29, 1.82) is 5.26 Å². The third kappa shape index (κ3) is 1.56. The summed E-state index contributed by atoms with van der Waals surface area (Å²) < 4.78 is 0. The lowest BCUT2D eigenvalue weighted by atomic mass is 10.1. The number of aromatic nitrogens is 1. The molecular formula is C8H6N2O3. The number of nitrogens with zero attached hydrogens (tertiary/aromatic N) is 1. The number of aromatic amines is 1. The minimum Gasteiger partial charge on any atom is -0.477 e. The number of carboxylic acids is 1. The Labute approximate surface area is 73.3 Å². The lowest BCUT2D eigenvalue weighted by Gasteiger charge is -2.00. The first kappa shape index (κ1) is 9.00. The number of hydrogen-bond donors (Lipinski definition) is 2. The van der Waals surface area contributed by atoms with E-state index in [1.807, 2.05) is 0 Å². The highest BCUT2D eigenvalue weighted by molar-refractivity contribution is 5.87. The van der Waals surface area contributed by atoms with Crippen LogP contribution in [0.25, 0.3) is 0 Å². The lowest BCUT2D eigenvalue weighted by Crippen LogP contribution is -2.15. The maximum Gasteiger partial charge on any atom is 0.352 e. The SMILES string of the molecule is Cc1c(C#N)cc(=O)[nH]c1C(=O)O. The number of aromatic carboxylic acids is 1. The summed E-state index contributed by atoms with van der Waals surface area (Å²) in [6, 6.07) is 2.82. The van der Waals surface area contributed by atoms with Gasteiger partial charge in [0.1, 0.15) is 5.69 Å². The summed E-state index contributed by atoms with van der Waals surface area (Å²) in [6.07, 6.45) is 0. The van der Waals surface area contributed by atoms with E-state index in [0.717, 1.165) is 6.07 Å². The van der Waals surface area contributed by atoms with Gasteiger partial charge in [0, 0.05) is 6.07 Å². The second-order valence-electron chi connectivity index (χ2n) is 2.46. The highest BCUT2D eigenvalue weighted by Crippen LogP contribution is 2.07. The number of carboxylic acid groups (broad SMARTS) is 1. The molecule has 0 radical (unpaired) electrons. The second-order valence-corrected chi connectivity index (χ2v) is 2.46. The van der Waals surface area contributed by atoms with E-state index in [2.05, 4.69) is 4.98 Å². The predicted molar refractivity (Wildman–Crippen MR) is 43.5 cm³/mol. The predicted octanol–water partition coefficient (Wildman–Crippen LogP) is 0.253. The summed E-state index contributed by atoms with van der Waals surface area (Å²) >= 11 is 0. The van der Waals surface area contributed by atoms with Gasteiger partial charge in [0.25, 0.3) is 0 Å². The quantitative estimate of drug-likeness (QED) is 0.644. The summed E-state index contributed by atoms with van der Waals surface area (Å²) in [6.45, 7) is 1.47. The Morgan fingerprint density at radius 2 is 2.31 bits per heavy atom. The van der Waals surface area contributed by atoms with Crippen LogP contribution in [0.1, 0.15) is 21.6 Å². The molecule has 0 saturated carbocycles. The smallest absolute Gasteiger partial charge is 0.352 e. The van der Waals surface area contributed by atoms with Gasteiger partial charge in [-0.3, -0.25) is 4.79 Å². The van der Waals surface area contributed by atoms with Crippen molar-refractivity contribution in [3.05, 3.63) is 33.2 Å². The fourth-order valence-electron chi connectivity index (χ4n) is 0.957. The zero-order valence-corrected chi connectivity index (χ0v) is 6.79. The average molecular weight is 178 g/mol. The van der Waals surface area contributed by atoms with Crippen LogP contribution in [0.4, 0.5) is 0 Å². The van der Waals surface area contributed by atoms with Crippen LogP contribution in [0.2, 0.25) is 0 Å². The Bertz CT molecular complexity index is 453. The number of hydrogen-bond acceptors (Lipinski definition) is 3. The zero-order valence-electron chi connectivity index (χ0n) is 6.79. The highest BCUT2D eigenvalue weighted by atomic mass is 16.4. The van der Waals surface area contributed by atoms with Crippen LogP contribution >= 0.6 is 0 Å². The molecule has 0 atom stereocenters. The Morgan fingerprint density at radius 1 is 1.69 bits per heavy atom. The average Bonchev–Trinajstić information content (AvgIpc) is 2.08. The summed E-state index contributed by atoms with van der Waals surface area (Å²) in [4.78, 5) is 23.6. The van der Waals surface area contributed by atoms with Crippen molar-refractivity contribution >= 4 is 5.97 Å². The third-order valence-electron chi connectivity index (χ3n) is 1.64. The molecule has 0 aromatic carbocycles. The van der Waals surface area contributed by atoms with Gasteiger partial charge in [0.2, 0.25) is 5.56 Å². The molecule has 13 heavy (non-hydrogen) atoms. The van der Waals surface area contributed by atoms with E-state index in [4.69, 9.17) is 10.4 Å². The third-order valence-corrected chi connectivity index (χ3v) is 1.64. The number of H-pyrrole nitrogens is 1. The first-order chi connectivity index (χ1) is 6.06. The molecule has 0 aliphatic rings. The molecule has 1 heterocycles. The van der Waals surface area contributed by atoms with Gasteiger partial charge in [-0.05, 0) is 12.5 Å². The Kier molecular flexibility index (Phi) is 2.15. The van der Waals surface area contributed by atoms with E-state index < -0.39 is 11.5 Å². The molecule has 0 bridgehead atoms. The second kappa shape index (κ2) is 3.11. The summed E-state index contributed by atoms with van der Waals surface area (Å²) in [7, 11) is 0. The fourth-order valence-corrected chi connectivity index (χ4v) is 0.957. The maximum atomic E-state index is 10.9. The standard InChI is InChI=1S/C8H6N2O3/c1-4-5(3-9)2-6(11)10-7(4)8(12)13/h2H,1H3,(H,10,11)(H,12,13). The number of carbonyl (C=O) groups is 1. The topological polar surface area (TPSA) is 94.0 Å². The summed E-state index contributed by atoms with van der Waals surface area (Å²) in [5.41, 5.74) is -0.459. The normalized spacial score (nSPS) is 9.23. The summed E-state index contributed by atoms with van der Waals surface area (Å²) in [5, 5.41) is 17.2. The number of nitriles is 1. The van der Waals surface area contributed by atoms with E-state index in [1.165, 1.54) is 6.92 Å². The highest BCUT2D eigenvalue weighted by Gasteiger charge is 2.11. The van der Waals surface area contributed by atoms with Gasteiger partial charge in [-0.1, -0.05) is 0 Å². The lowest BCUT2D eigenvalue weighted by molar-refractivity contribution is 0.0689. The molecule has 66 valence electrons. The van der Waals surface area contributed by atoms with E-state index in [9.17, 15) is 9.59 Å². The van der Waals surface area contributed by atoms with Gasteiger partial charge in [0.05, 0.1) is 11.6 Å². The van der Waals surface area contributed by atoms with Crippen molar-refractivity contribution in [2.75, 3.05) is 0 Å². The molecule has 1 aromatic heterocycles. The van der Waals surface area contributed by atoms with Gasteiger partial charge >= 0.3 is 5.97 Å². The number of pyridine rings is 1. The zero-order chi connectivity index (χ0) is 10.0. The van der Waals surface area contributed by atoms with Crippen LogP contribution < -0.4 is 5.56 Å². The molecule has 5 heteroatoms. The fraction of sp³-hybridized carbons (Fsp3) is 0.125. The van der Waals surface area contributed by atoms with Crippen molar-refractivity contribution in [2.45, 2.75) is 6.92 Å².